The summed E-state index contributed by atoms with van der Waals surface area (Å²) in [5.41, 5.74) is 0.155. The Morgan fingerprint density at radius 2 is 0.955 bits per heavy atom. The molecule has 0 spiro atoms. The Morgan fingerprint density at radius 3 is 1.32 bits per heavy atom. The highest BCUT2D eigenvalue weighted by atomic mass is 17.2. The molecule has 0 radical (unpaired) electrons. The molecular weight excluding hydrogens is 296 g/mol. The van der Waals surface area contributed by atoms with Crippen molar-refractivity contribution in [3.8, 4) is 0 Å². The van der Waals surface area contributed by atoms with Crippen LogP contribution in [0.1, 0.15) is 46.4 Å². The highest BCUT2D eigenvalue weighted by Crippen LogP contribution is 2.10. The molecule has 2 heterocycles. The summed E-state index contributed by atoms with van der Waals surface area (Å²) in [6.45, 7) is 0. The summed E-state index contributed by atoms with van der Waals surface area (Å²) in [7, 11) is 0. The fourth-order valence-corrected chi connectivity index (χ4v) is 1.63. The Balaban J connectivity index is 2.13. The first kappa shape index (κ1) is 15.5. The summed E-state index contributed by atoms with van der Waals surface area (Å²) in [5.74, 6) is -3.19. The average Bonchev–Trinajstić information content (AvgIpc) is 2.53. The lowest BCUT2D eigenvalue weighted by Crippen LogP contribution is -2.14. The highest BCUT2D eigenvalue weighted by molar-refractivity contribution is 5.93. The second kappa shape index (κ2) is 7.21. The van der Waals surface area contributed by atoms with E-state index in [9.17, 15) is 19.2 Å². The molecule has 0 atom stereocenters. The first-order valence-electron chi connectivity index (χ1n) is 6.49. The summed E-state index contributed by atoms with van der Waals surface area (Å²) in [6, 6.07) is 5.11. The van der Waals surface area contributed by atoms with Crippen LogP contribution in [0, 0.1) is 0 Å². The van der Waals surface area contributed by atoms with Gasteiger partial charge < -0.3 is 0 Å². The molecule has 2 bridgehead atoms. The smallest absolute Gasteiger partial charge is 0.247 e. The van der Waals surface area contributed by atoms with Crippen LogP contribution < -0.4 is 0 Å². The molecule has 0 unspecified atom stereocenters. The zero-order chi connectivity index (χ0) is 15.9. The molecule has 3 rings (SSSR count). The maximum atomic E-state index is 11.6. The van der Waals surface area contributed by atoms with Crippen molar-refractivity contribution >= 4 is 23.9 Å². The fourth-order valence-electron chi connectivity index (χ4n) is 1.63. The van der Waals surface area contributed by atoms with Crippen molar-refractivity contribution < 1.29 is 38.7 Å². The molecule has 0 aliphatic carbocycles. The molecule has 2 aliphatic rings. The SMILES string of the molecule is O=C1CCCCC(=O)OOC(=O)c2ccc(cc2)C(=O)OO1. The first-order valence-corrected chi connectivity index (χ1v) is 6.49. The van der Waals surface area contributed by atoms with E-state index in [1.807, 2.05) is 0 Å². The van der Waals surface area contributed by atoms with E-state index in [2.05, 4.69) is 19.6 Å². The number of carbonyl (C=O) groups excluding carboxylic acids is 4. The van der Waals surface area contributed by atoms with Crippen molar-refractivity contribution in [2.24, 2.45) is 0 Å². The monoisotopic (exact) mass is 308 g/mol. The van der Waals surface area contributed by atoms with E-state index in [0.717, 1.165) is 0 Å². The third kappa shape index (κ3) is 4.30. The van der Waals surface area contributed by atoms with Gasteiger partial charge in [-0.3, -0.25) is 0 Å². The molecular formula is C14H12O8. The van der Waals surface area contributed by atoms with E-state index in [0.29, 0.717) is 12.8 Å². The van der Waals surface area contributed by atoms with Gasteiger partial charge in [-0.15, -0.1) is 0 Å². The minimum atomic E-state index is -0.869. The van der Waals surface area contributed by atoms with Crippen molar-refractivity contribution in [3.05, 3.63) is 35.4 Å². The standard InChI is InChI=1S/C14H12O8/c15-11-3-1-2-4-12(16)20-22-14(18)10-7-5-9(6-8-10)13(17)21-19-11/h5-8H,1-4H2. The van der Waals surface area contributed by atoms with E-state index in [4.69, 9.17) is 0 Å². The Labute approximate surface area is 124 Å². The number of benzene rings is 1. The molecule has 0 saturated carbocycles. The molecule has 2 aliphatic heterocycles. The highest BCUT2D eigenvalue weighted by Gasteiger charge is 2.17. The van der Waals surface area contributed by atoms with Gasteiger partial charge in [0.1, 0.15) is 0 Å². The Bertz CT molecular complexity index is 536. The van der Waals surface area contributed by atoms with Crippen LogP contribution in [-0.2, 0) is 29.1 Å². The van der Waals surface area contributed by atoms with Crippen LogP contribution in [0.4, 0.5) is 0 Å². The fraction of sp³-hybridized carbons (Fsp3) is 0.286. The van der Waals surface area contributed by atoms with E-state index in [1.54, 1.807) is 0 Å². The predicted molar refractivity (Wildman–Crippen MR) is 67.9 cm³/mol. The summed E-state index contributed by atoms with van der Waals surface area (Å²) in [6.07, 6.45) is 0.596. The third-order valence-corrected chi connectivity index (χ3v) is 2.79. The van der Waals surface area contributed by atoms with Crippen molar-refractivity contribution in [1.82, 2.24) is 0 Å². The molecule has 8 nitrogen and oxygen atoms in total. The van der Waals surface area contributed by atoms with Crippen molar-refractivity contribution in [1.29, 1.82) is 0 Å². The lowest BCUT2D eigenvalue weighted by molar-refractivity contribution is -0.235. The van der Waals surface area contributed by atoms with E-state index in [-0.39, 0.29) is 24.0 Å². The molecule has 116 valence electrons. The molecule has 22 heavy (non-hydrogen) atoms. The Morgan fingerprint density at radius 1 is 0.591 bits per heavy atom. The molecule has 0 saturated heterocycles. The van der Waals surface area contributed by atoms with Crippen LogP contribution in [0.5, 0.6) is 0 Å². The topological polar surface area (TPSA) is 105 Å². The van der Waals surface area contributed by atoms with Gasteiger partial charge in [-0.1, -0.05) is 0 Å². The van der Waals surface area contributed by atoms with Crippen molar-refractivity contribution in [3.63, 3.8) is 0 Å². The van der Waals surface area contributed by atoms with Gasteiger partial charge >= 0.3 is 23.9 Å². The minimum absolute atomic E-state index is 0.0285. The maximum Gasteiger partial charge on any atom is 0.386 e. The summed E-state index contributed by atoms with van der Waals surface area (Å²) >= 11 is 0. The Kier molecular flexibility index (Phi) is 5.07. The second-order valence-corrected chi connectivity index (χ2v) is 4.44. The van der Waals surface area contributed by atoms with Crippen molar-refractivity contribution in [2.45, 2.75) is 25.7 Å². The van der Waals surface area contributed by atoms with Gasteiger partial charge in [0.2, 0.25) is 0 Å². The molecule has 8 heteroatoms. The average molecular weight is 308 g/mol. The zero-order valence-corrected chi connectivity index (χ0v) is 11.4. The van der Waals surface area contributed by atoms with Crippen LogP contribution in [0.3, 0.4) is 0 Å². The molecule has 0 amide bonds. The van der Waals surface area contributed by atoms with E-state index in [1.165, 1.54) is 24.3 Å². The summed E-state index contributed by atoms with van der Waals surface area (Å²) in [5, 5.41) is 0. The Hall–Kier alpha value is -2.90. The number of carbonyl (C=O) groups is 4. The molecule has 0 N–H and O–H groups in total. The zero-order valence-electron chi connectivity index (χ0n) is 11.4. The number of hydrogen-bond donors (Lipinski definition) is 0. The number of fused-ring (bicyclic) bond motifs is 13. The van der Waals surface area contributed by atoms with Gasteiger partial charge in [0, 0.05) is 0 Å². The largest absolute Gasteiger partial charge is 0.386 e. The quantitative estimate of drug-likeness (QED) is 0.664. The normalized spacial score (nSPS) is 17.3. The minimum Gasteiger partial charge on any atom is -0.247 e. The van der Waals surface area contributed by atoms with Gasteiger partial charge in [0.25, 0.3) is 0 Å². The summed E-state index contributed by atoms with van der Waals surface area (Å²) < 4.78 is 0. The predicted octanol–water partition coefficient (Wildman–Crippen LogP) is 1.49. The number of hydrogen-bond acceptors (Lipinski definition) is 8. The van der Waals surface area contributed by atoms with Gasteiger partial charge in [0.05, 0.1) is 24.0 Å². The first-order chi connectivity index (χ1) is 10.6. The maximum absolute atomic E-state index is 11.6. The van der Waals surface area contributed by atoms with E-state index < -0.39 is 23.9 Å². The van der Waals surface area contributed by atoms with Gasteiger partial charge in [0.15, 0.2) is 0 Å². The number of rotatable bonds is 0. The van der Waals surface area contributed by atoms with Crippen LogP contribution >= 0.6 is 0 Å². The van der Waals surface area contributed by atoms with Gasteiger partial charge in [-0.25, -0.2) is 38.7 Å². The van der Waals surface area contributed by atoms with Gasteiger partial charge in [-0.05, 0) is 37.1 Å². The molecule has 1 aromatic carbocycles. The summed E-state index contributed by atoms with van der Waals surface area (Å²) in [4.78, 5) is 63.3. The van der Waals surface area contributed by atoms with Crippen LogP contribution in [0.2, 0.25) is 0 Å². The lowest BCUT2D eigenvalue weighted by Gasteiger charge is -2.06. The van der Waals surface area contributed by atoms with E-state index >= 15 is 0 Å². The molecule has 0 aromatic heterocycles. The third-order valence-electron chi connectivity index (χ3n) is 2.79. The lowest BCUT2D eigenvalue weighted by atomic mass is 10.1. The van der Waals surface area contributed by atoms with Crippen LogP contribution in [-0.4, -0.2) is 23.9 Å². The second-order valence-electron chi connectivity index (χ2n) is 4.44. The molecule has 1 aromatic rings. The van der Waals surface area contributed by atoms with Gasteiger partial charge in [-0.2, -0.15) is 0 Å². The van der Waals surface area contributed by atoms with Crippen molar-refractivity contribution in [2.75, 3.05) is 0 Å². The van der Waals surface area contributed by atoms with Crippen LogP contribution in [0.25, 0.3) is 0 Å². The molecule has 0 fully saturated rings. The van der Waals surface area contributed by atoms with Crippen LogP contribution in [0.15, 0.2) is 24.3 Å².